The number of hydrogen-bond donors (Lipinski definition) is 2. The van der Waals surface area contributed by atoms with Crippen LogP contribution in [-0.4, -0.2) is 32.6 Å². The lowest BCUT2D eigenvalue weighted by atomic mass is 9.86. The smallest absolute Gasteiger partial charge is 0.107 e. The third-order valence-electron chi connectivity index (χ3n) is 3.84. The molecule has 3 rings (SSSR count). The molecule has 0 aliphatic carbocycles. The Morgan fingerprint density at radius 2 is 2.44 bits per heavy atom. The molecule has 0 bridgehead atoms. The van der Waals surface area contributed by atoms with E-state index in [0.29, 0.717) is 0 Å². The van der Waals surface area contributed by atoms with Crippen LogP contribution in [0.5, 0.6) is 0 Å². The number of H-pyrrole nitrogens is 1. The van der Waals surface area contributed by atoms with Crippen LogP contribution in [0.15, 0.2) is 24.9 Å². The molecule has 2 aromatic heterocycles. The second-order valence-electron chi connectivity index (χ2n) is 5.25. The van der Waals surface area contributed by atoms with Gasteiger partial charge >= 0.3 is 0 Å². The lowest BCUT2D eigenvalue weighted by molar-refractivity contribution is 0.470. The second kappa shape index (κ2) is 4.57. The standard InChI is InChI=1S/C13H19N5/c1-13(3-4-14-9-13)11-8-15-10-18(11)7-2-12-16-5-6-17-12/h5-6,8,10,14H,2-4,7,9H2,1H3,(H,16,17). The van der Waals surface area contributed by atoms with Gasteiger partial charge in [-0.1, -0.05) is 6.92 Å². The number of imidazole rings is 2. The van der Waals surface area contributed by atoms with Crippen molar-refractivity contribution in [1.29, 1.82) is 0 Å². The first-order valence-corrected chi connectivity index (χ1v) is 6.47. The van der Waals surface area contributed by atoms with Crippen LogP contribution in [0.3, 0.4) is 0 Å². The van der Waals surface area contributed by atoms with Crippen LogP contribution in [0.2, 0.25) is 0 Å². The molecule has 2 aromatic rings. The molecule has 3 heterocycles. The summed E-state index contributed by atoms with van der Waals surface area (Å²) in [5, 5.41) is 3.44. The van der Waals surface area contributed by atoms with Crippen molar-refractivity contribution in [3.8, 4) is 0 Å². The highest BCUT2D eigenvalue weighted by molar-refractivity contribution is 5.17. The molecule has 96 valence electrons. The summed E-state index contributed by atoms with van der Waals surface area (Å²) in [4.78, 5) is 11.7. The van der Waals surface area contributed by atoms with Crippen LogP contribution in [0.1, 0.15) is 24.9 Å². The fourth-order valence-corrected chi connectivity index (χ4v) is 2.70. The summed E-state index contributed by atoms with van der Waals surface area (Å²) in [6, 6.07) is 0. The van der Waals surface area contributed by atoms with E-state index in [1.807, 2.05) is 18.7 Å². The molecule has 1 atom stereocenters. The predicted octanol–water partition coefficient (Wildman–Crippen LogP) is 1.10. The zero-order chi connectivity index (χ0) is 12.4. The first-order chi connectivity index (χ1) is 8.78. The first kappa shape index (κ1) is 11.5. The van der Waals surface area contributed by atoms with Gasteiger partial charge in [0.1, 0.15) is 5.82 Å². The Morgan fingerprint density at radius 3 is 3.17 bits per heavy atom. The molecule has 0 aromatic carbocycles. The number of nitrogens with one attached hydrogen (secondary N) is 2. The van der Waals surface area contributed by atoms with Gasteiger partial charge in [-0.05, 0) is 13.0 Å². The largest absolute Gasteiger partial charge is 0.349 e. The van der Waals surface area contributed by atoms with Gasteiger partial charge in [0.25, 0.3) is 0 Å². The SMILES string of the molecule is CC1(c2cncn2CCc2ncc[nH]2)CCNC1. The number of hydrogen-bond acceptors (Lipinski definition) is 3. The number of aryl methyl sites for hydroxylation is 2. The summed E-state index contributed by atoms with van der Waals surface area (Å²) in [6.45, 7) is 5.38. The summed E-state index contributed by atoms with van der Waals surface area (Å²) in [7, 11) is 0. The van der Waals surface area contributed by atoms with Crippen LogP contribution >= 0.6 is 0 Å². The minimum Gasteiger partial charge on any atom is -0.349 e. The van der Waals surface area contributed by atoms with E-state index in [4.69, 9.17) is 0 Å². The minimum atomic E-state index is 0.222. The zero-order valence-electron chi connectivity index (χ0n) is 10.7. The van der Waals surface area contributed by atoms with Crippen LogP contribution < -0.4 is 5.32 Å². The molecular weight excluding hydrogens is 226 g/mol. The zero-order valence-corrected chi connectivity index (χ0v) is 10.7. The summed E-state index contributed by atoms with van der Waals surface area (Å²) in [5.74, 6) is 1.03. The number of aromatic nitrogens is 4. The minimum absolute atomic E-state index is 0.222. The summed E-state index contributed by atoms with van der Waals surface area (Å²) in [5.41, 5.74) is 1.55. The molecule has 1 unspecified atom stereocenters. The summed E-state index contributed by atoms with van der Waals surface area (Å²) >= 11 is 0. The van der Waals surface area contributed by atoms with Crippen LogP contribution in [0, 0.1) is 0 Å². The lowest BCUT2D eigenvalue weighted by Crippen LogP contribution is -2.28. The molecule has 0 amide bonds. The average molecular weight is 245 g/mol. The van der Waals surface area contributed by atoms with Crippen molar-refractivity contribution in [2.75, 3.05) is 13.1 Å². The predicted molar refractivity (Wildman–Crippen MR) is 69.4 cm³/mol. The van der Waals surface area contributed by atoms with E-state index < -0.39 is 0 Å². The third kappa shape index (κ3) is 2.06. The Hall–Kier alpha value is -1.62. The number of aromatic amines is 1. The monoisotopic (exact) mass is 245 g/mol. The van der Waals surface area contributed by atoms with Crippen molar-refractivity contribution >= 4 is 0 Å². The molecule has 5 heteroatoms. The molecule has 18 heavy (non-hydrogen) atoms. The Kier molecular flexibility index (Phi) is 2.91. The lowest BCUT2D eigenvalue weighted by Gasteiger charge is -2.24. The maximum absolute atomic E-state index is 4.32. The van der Waals surface area contributed by atoms with Gasteiger partial charge in [0.15, 0.2) is 0 Å². The Morgan fingerprint density at radius 1 is 1.50 bits per heavy atom. The molecule has 1 saturated heterocycles. The topological polar surface area (TPSA) is 58.5 Å². The molecule has 5 nitrogen and oxygen atoms in total. The van der Waals surface area contributed by atoms with Gasteiger partial charge in [-0.3, -0.25) is 0 Å². The number of rotatable bonds is 4. The first-order valence-electron chi connectivity index (χ1n) is 6.47. The molecular formula is C13H19N5. The Balaban J connectivity index is 1.75. The molecule has 1 aliphatic rings. The Bertz CT molecular complexity index is 493. The molecule has 0 saturated carbocycles. The molecule has 0 radical (unpaired) electrons. The average Bonchev–Trinajstić information content (AvgIpc) is 3.08. The van der Waals surface area contributed by atoms with E-state index in [2.05, 4.69) is 31.8 Å². The van der Waals surface area contributed by atoms with E-state index in [1.54, 1.807) is 6.20 Å². The van der Waals surface area contributed by atoms with Crippen molar-refractivity contribution < 1.29 is 0 Å². The van der Waals surface area contributed by atoms with Crippen molar-refractivity contribution in [3.05, 3.63) is 36.4 Å². The van der Waals surface area contributed by atoms with E-state index in [9.17, 15) is 0 Å². The highest BCUT2D eigenvalue weighted by Gasteiger charge is 2.33. The van der Waals surface area contributed by atoms with Gasteiger partial charge in [-0.15, -0.1) is 0 Å². The second-order valence-corrected chi connectivity index (χ2v) is 5.25. The van der Waals surface area contributed by atoms with Crippen LogP contribution in [0.25, 0.3) is 0 Å². The fourth-order valence-electron chi connectivity index (χ4n) is 2.70. The fraction of sp³-hybridized carbons (Fsp3) is 0.538. The number of nitrogens with zero attached hydrogens (tertiary/aromatic N) is 3. The van der Waals surface area contributed by atoms with Crippen LogP contribution in [0.4, 0.5) is 0 Å². The van der Waals surface area contributed by atoms with Crippen LogP contribution in [-0.2, 0) is 18.4 Å². The summed E-state index contributed by atoms with van der Waals surface area (Å²) in [6.07, 6.45) is 9.70. The van der Waals surface area contributed by atoms with E-state index in [0.717, 1.165) is 31.9 Å². The van der Waals surface area contributed by atoms with Gasteiger partial charge in [-0.25, -0.2) is 9.97 Å². The van der Waals surface area contributed by atoms with Gasteiger partial charge in [0, 0.05) is 49.2 Å². The quantitative estimate of drug-likeness (QED) is 0.848. The van der Waals surface area contributed by atoms with E-state index in [1.165, 1.54) is 12.1 Å². The van der Waals surface area contributed by atoms with Crippen molar-refractivity contribution in [2.24, 2.45) is 0 Å². The van der Waals surface area contributed by atoms with Gasteiger partial charge in [0.05, 0.1) is 6.33 Å². The maximum atomic E-state index is 4.32. The molecule has 1 fully saturated rings. The van der Waals surface area contributed by atoms with Crippen molar-refractivity contribution in [3.63, 3.8) is 0 Å². The third-order valence-corrected chi connectivity index (χ3v) is 3.84. The van der Waals surface area contributed by atoms with E-state index in [-0.39, 0.29) is 5.41 Å². The highest BCUT2D eigenvalue weighted by atomic mass is 15.1. The maximum Gasteiger partial charge on any atom is 0.107 e. The van der Waals surface area contributed by atoms with Gasteiger partial charge in [-0.2, -0.15) is 0 Å². The van der Waals surface area contributed by atoms with Gasteiger partial charge in [0.2, 0.25) is 0 Å². The molecule has 0 spiro atoms. The van der Waals surface area contributed by atoms with Gasteiger partial charge < -0.3 is 14.9 Å². The Labute approximate surface area is 107 Å². The summed E-state index contributed by atoms with van der Waals surface area (Å²) < 4.78 is 2.26. The van der Waals surface area contributed by atoms with Crippen molar-refractivity contribution in [1.82, 2.24) is 24.8 Å². The van der Waals surface area contributed by atoms with Crippen molar-refractivity contribution in [2.45, 2.75) is 31.7 Å². The van der Waals surface area contributed by atoms with E-state index >= 15 is 0 Å². The molecule has 2 N–H and O–H groups in total. The highest BCUT2D eigenvalue weighted by Crippen LogP contribution is 2.29. The normalized spacial score (nSPS) is 23.6. The molecule has 1 aliphatic heterocycles.